The minimum atomic E-state index is 0.389. The van der Waals surface area contributed by atoms with Gasteiger partial charge in [-0.15, -0.1) is 0 Å². The molecule has 0 aliphatic heterocycles. The van der Waals surface area contributed by atoms with Crippen LogP contribution in [0.4, 0.5) is 0 Å². The van der Waals surface area contributed by atoms with Gasteiger partial charge in [0.25, 0.3) is 0 Å². The quantitative estimate of drug-likeness (QED) is 0.651. The van der Waals surface area contributed by atoms with E-state index in [1.807, 2.05) is 0 Å². The summed E-state index contributed by atoms with van der Waals surface area (Å²) in [5, 5.41) is 0. The fourth-order valence-electron chi connectivity index (χ4n) is 2.51. The van der Waals surface area contributed by atoms with E-state index in [0.29, 0.717) is 17.9 Å². The fourth-order valence-corrected chi connectivity index (χ4v) is 2.51. The summed E-state index contributed by atoms with van der Waals surface area (Å²) in [6.07, 6.45) is 3.71. The number of hydrogen-bond acceptors (Lipinski definition) is 1. The summed E-state index contributed by atoms with van der Waals surface area (Å²) >= 11 is 0. The van der Waals surface area contributed by atoms with Crippen LogP contribution >= 0.6 is 0 Å². The van der Waals surface area contributed by atoms with Crippen molar-refractivity contribution in [2.75, 3.05) is 0 Å². The normalized spacial score (nSPS) is 40.3. The highest BCUT2D eigenvalue weighted by Crippen LogP contribution is 2.37. The van der Waals surface area contributed by atoms with E-state index >= 15 is 0 Å². The summed E-state index contributed by atoms with van der Waals surface area (Å²) in [7, 11) is 0. The summed E-state index contributed by atoms with van der Waals surface area (Å²) in [5.74, 6) is 2.18. The molecular formula is C12H23N. The fraction of sp³-hybridized carbons (Fsp3) is 0.833. The lowest BCUT2D eigenvalue weighted by Crippen LogP contribution is -2.40. The molecule has 0 amide bonds. The molecule has 76 valence electrons. The highest BCUT2D eigenvalue weighted by Gasteiger charge is 2.32. The second kappa shape index (κ2) is 4.28. The Morgan fingerprint density at radius 2 is 2.08 bits per heavy atom. The van der Waals surface area contributed by atoms with Crippen LogP contribution in [-0.4, -0.2) is 6.04 Å². The minimum absolute atomic E-state index is 0.389. The van der Waals surface area contributed by atoms with E-state index in [4.69, 9.17) is 5.73 Å². The van der Waals surface area contributed by atoms with Gasteiger partial charge >= 0.3 is 0 Å². The van der Waals surface area contributed by atoms with Gasteiger partial charge in [-0.2, -0.15) is 0 Å². The van der Waals surface area contributed by atoms with Gasteiger partial charge in [-0.05, 0) is 37.5 Å². The molecule has 4 unspecified atom stereocenters. The van der Waals surface area contributed by atoms with Crippen molar-refractivity contribution in [1.82, 2.24) is 0 Å². The van der Waals surface area contributed by atoms with Gasteiger partial charge in [-0.25, -0.2) is 0 Å². The van der Waals surface area contributed by atoms with Crippen molar-refractivity contribution in [3.8, 4) is 0 Å². The van der Waals surface area contributed by atoms with E-state index in [1.165, 1.54) is 18.4 Å². The van der Waals surface area contributed by atoms with Gasteiger partial charge < -0.3 is 5.73 Å². The largest absolute Gasteiger partial charge is 0.327 e. The van der Waals surface area contributed by atoms with Gasteiger partial charge in [0.2, 0.25) is 0 Å². The molecular weight excluding hydrogens is 158 g/mol. The maximum Gasteiger partial charge on any atom is 0.00728 e. The molecule has 0 saturated heterocycles. The molecule has 2 N–H and O–H groups in total. The molecule has 1 rings (SSSR count). The van der Waals surface area contributed by atoms with Crippen LogP contribution in [0.5, 0.6) is 0 Å². The Kier molecular flexibility index (Phi) is 3.55. The van der Waals surface area contributed by atoms with Crippen molar-refractivity contribution < 1.29 is 0 Å². The Morgan fingerprint density at radius 1 is 1.46 bits per heavy atom. The van der Waals surface area contributed by atoms with Gasteiger partial charge in [0.05, 0.1) is 0 Å². The Balaban J connectivity index is 2.63. The van der Waals surface area contributed by atoms with Gasteiger partial charge in [0.15, 0.2) is 0 Å². The molecule has 0 heterocycles. The molecule has 1 heteroatoms. The Morgan fingerprint density at radius 3 is 2.54 bits per heavy atom. The third-order valence-corrected chi connectivity index (χ3v) is 3.78. The number of hydrogen-bond donors (Lipinski definition) is 1. The molecule has 1 aliphatic rings. The molecule has 0 radical (unpaired) electrons. The molecule has 1 aliphatic carbocycles. The monoisotopic (exact) mass is 181 g/mol. The molecule has 0 aromatic rings. The first-order valence-corrected chi connectivity index (χ1v) is 5.47. The molecule has 0 spiro atoms. The topological polar surface area (TPSA) is 26.0 Å². The molecule has 1 nitrogen and oxygen atoms in total. The lowest BCUT2D eigenvalue weighted by Gasteiger charge is -2.38. The zero-order chi connectivity index (χ0) is 10.0. The minimum Gasteiger partial charge on any atom is -0.327 e. The van der Waals surface area contributed by atoms with Crippen LogP contribution < -0.4 is 5.73 Å². The van der Waals surface area contributed by atoms with Crippen LogP contribution in [0.2, 0.25) is 0 Å². The van der Waals surface area contributed by atoms with Crippen LogP contribution in [-0.2, 0) is 0 Å². The third-order valence-electron chi connectivity index (χ3n) is 3.78. The average molecular weight is 181 g/mol. The van der Waals surface area contributed by atoms with Gasteiger partial charge in [0, 0.05) is 6.04 Å². The van der Waals surface area contributed by atoms with Crippen LogP contribution in [0.3, 0.4) is 0 Å². The first kappa shape index (κ1) is 10.8. The standard InChI is InChI=1S/C12H23N/c1-5-10-6-11(8(2)3)7-12(13)9(10)4/h9-12H,2,5-7,13H2,1,3-4H3. The summed E-state index contributed by atoms with van der Waals surface area (Å²) in [6.45, 7) is 10.8. The summed E-state index contributed by atoms with van der Waals surface area (Å²) in [4.78, 5) is 0. The zero-order valence-corrected chi connectivity index (χ0v) is 9.22. The maximum absolute atomic E-state index is 6.13. The second-order valence-corrected chi connectivity index (χ2v) is 4.71. The van der Waals surface area contributed by atoms with Gasteiger partial charge in [-0.3, -0.25) is 0 Å². The average Bonchev–Trinajstić information content (AvgIpc) is 2.09. The Hall–Kier alpha value is -0.300. The van der Waals surface area contributed by atoms with Crippen molar-refractivity contribution in [2.24, 2.45) is 23.5 Å². The van der Waals surface area contributed by atoms with E-state index in [1.54, 1.807) is 0 Å². The smallest absolute Gasteiger partial charge is 0.00728 e. The van der Waals surface area contributed by atoms with Crippen LogP contribution in [0.25, 0.3) is 0 Å². The van der Waals surface area contributed by atoms with E-state index in [-0.39, 0.29) is 0 Å². The van der Waals surface area contributed by atoms with Crippen molar-refractivity contribution >= 4 is 0 Å². The lowest BCUT2D eigenvalue weighted by molar-refractivity contribution is 0.178. The molecule has 13 heavy (non-hydrogen) atoms. The van der Waals surface area contributed by atoms with Crippen LogP contribution in [0, 0.1) is 17.8 Å². The Labute approximate surface area is 82.4 Å². The van der Waals surface area contributed by atoms with E-state index in [9.17, 15) is 0 Å². The molecule has 1 saturated carbocycles. The van der Waals surface area contributed by atoms with Crippen molar-refractivity contribution in [3.05, 3.63) is 12.2 Å². The number of nitrogens with two attached hydrogens (primary N) is 1. The first-order valence-electron chi connectivity index (χ1n) is 5.47. The predicted molar refractivity (Wildman–Crippen MR) is 58.5 cm³/mol. The molecule has 4 atom stereocenters. The van der Waals surface area contributed by atoms with Crippen LogP contribution in [0.1, 0.15) is 40.0 Å². The SMILES string of the molecule is C=C(C)C1CC(N)C(C)C(CC)C1. The van der Waals surface area contributed by atoms with E-state index in [0.717, 1.165) is 12.3 Å². The third kappa shape index (κ3) is 2.34. The van der Waals surface area contributed by atoms with Crippen molar-refractivity contribution in [2.45, 2.75) is 46.1 Å². The van der Waals surface area contributed by atoms with Gasteiger partial charge in [-0.1, -0.05) is 32.4 Å². The van der Waals surface area contributed by atoms with E-state index in [2.05, 4.69) is 27.4 Å². The lowest BCUT2D eigenvalue weighted by atomic mass is 9.69. The Bertz CT molecular complexity index is 186. The summed E-state index contributed by atoms with van der Waals surface area (Å²) in [6, 6.07) is 0.389. The highest BCUT2D eigenvalue weighted by atomic mass is 14.7. The number of allylic oxidation sites excluding steroid dienone is 1. The molecule has 0 aromatic carbocycles. The maximum atomic E-state index is 6.13. The summed E-state index contributed by atoms with van der Waals surface area (Å²) < 4.78 is 0. The van der Waals surface area contributed by atoms with Crippen molar-refractivity contribution in [1.29, 1.82) is 0 Å². The zero-order valence-electron chi connectivity index (χ0n) is 9.22. The summed E-state index contributed by atoms with van der Waals surface area (Å²) in [5.41, 5.74) is 7.45. The van der Waals surface area contributed by atoms with E-state index < -0.39 is 0 Å². The number of rotatable bonds is 2. The molecule has 0 bridgehead atoms. The van der Waals surface area contributed by atoms with Gasteiger partial charge in [0.1, 0.15) is 0 Å². The van der Waals surface area contributed by atoms with Crippen LogP contribution in [0.15, 0.2) is 12.2 Å². The molecule has 1 fully saturated rings. The first-order chi connectivity index (χ1) is 6.06. The predicted octanol–water partition coefficient (Wildman–Crippen LogP) is 2.96. The van der Waals surface area contributed by atoms with Crippen molar-refractivity contribution in [3.63, 3.8) is 0 Å². The molecule has 0 aromatic heterocycles. The second-order valence-electron chi connectivity index (χ2n) is 4.71. The highest BCUT2D eigenvalue weighted by molar-refractivity contribution is 5.02.